The molecule has 1 aliphatic rings. The highest BCUT2D eigenvalue weighted by Gasteiger charge is 2.46. The summed E-state index contributed by atoms with van der Waals surface area (Å²) in [5.41, 5.74) is 8.49. The molecule has 0 radical (unpaired) electrons. The molecule has 0 unspecified atom stereocenters. The van der Waals surface area contributed by atoms with Crippen molar-refractivity contribution >= 4 is 17.9 Å². The summed E-state index contributed by atoms with van der Waals surface area (Å²) >= 11 is 0. The first-order valence-corrected chi connectivity index (χ1v) is 6.02. The van der Waals surface area contributed by atoms with Crippen LogP contribution in [0.2, 0.25) is 0 Å². The number of carbonyl (C=O) groups is 3. The monoisotopic (exact) mass is 301 g/mol. The SMILES string of the molecule is CC(=O)O[C@@H]1[C@H](OC(C)=O)[C@@H](OC(C)=O)CO[C@H]1N=[N+]=[N-]. The lowest BCUT2D eigenvalue weighted by molar-refractivity contribution is -0.224. The van der Waals surface area contributed by atoms with Crippen molar-refractivity contribution < 1.29 is 33.3 Å². The number of azide groups is 1. The average Bonchev–Trinajstić information content (AvgIpc) is 2.35. The molecule has 0 aromatic rings. The van der Waals surface area contributed by atoms with E-state index in [2.05, 4.69) is 10.0 Å². The molecule has 10 heteroatoms. The summed E-state index contributed by atoms with van der Waals surface area (Å²) in [6.45, 7) is 3.28. The Balaban J connectivity index is 3.05. The van der Waals surface area contributed by atoms with Crippen LogP contribution < -0.4 is 0 Å². The molecule has 10 nitrogen and oxygen atoms in total. The molecule has 1 fully saturated rings. The molecule has 0 aliphatic carbocycles. The smallest absolute Gasteiger partial charge is 0.303 e. The fraction of sp³-hybridized carbons (Fsp3) is 0.727. The third-order valence-corrected chi connectivity index (χ3v) is 2.49. The maximum atomic E-state index is 11.2. The minimum atomic E-state index is -1.21. The minimum absolute atomic E-state index is 0.168. The van der Waals surface area contributed by atoms with Crippen LogP contribution in [0.4, 0.5) is 0 Å². The Hall–Kier alpha value is -2.32. The standard InChI is InChI=1S/C11H15N3O7/c1-5(15)19-8-4-18-11(13-14-12)10(21-7(3)17)9(8)20-6(2)16/h8-11H,4H2,1-3H3/t8-,9+,10+,11+/m0/s1. The summed E-state index contributed by atoms with van der Waals surface area (Å²) in [6.07, 6.45) is -4.49. The second-order valence-corrected chi connectivity index (χ2v) is 4.22. The summed E-state index contributed by atoms with van der Waals surface area (Å²) in [5.74, 6) is -1.98. The lowest BCUT2D eigenvalue weighted by Gasteiger charge is -2.38. The number of hydrogen-bond donors (Lipinski definition) is 0. The van der Waals surface area contributed by atoms with Crippen LogP contribution in [0.15, 0.2) is 5.11 Å². The molecule has 116 valence electrons. The Morgan fingerprint density at radius 2 is 1.57 bits per heavy atom. The van der Waals surface area contributed by atoms with Crippen molar-refractivity contribution in [3.05, 3.63) is 10.4 Å². The predicted octanol–water partition coefficient (Wildman–Crippen LogP) is 0.448. The highest BCUT2D eigenvalue weighted by molar-refractivity contribution is 5.68. The van der Waals surface area contributed by atoms with Crippen molar-refractivity contribution in [2.45, 2.75) is 45.3 Å². The first kappa shape index (κ1) is 16.7. The number of carbonyl (C=O) groups excluding carboxylic acids is 3. The van der Waals surface area contributed by atoms with Crippen LogP contribution in [0, 0.1) is 0 Å². The highest BCUT2D eigenvalue weighted by Crippen LogP contribution is 2.25. The van der Waals surface area contributed by atoms with E-state index in [4.69, 9.17) is 24.5 Å². The lowest BCUT2D eigenvalue weighted by Crippen LogP contribution is -2.56. The van der Waals surface area contributed by atoms with E-state index < -0.39 is 42.4 Å². The molecular weight excluding hydrogens is 286 g/mol. The second kappa shape index (κ2) is 7.46. The van der Waals surface area contributed by atoms with Gasteiger partial charge in [-0.15, -0.1) is 0 Å². The Labute approximate surface area is 119 Å². The van der Waals surface area contributed by atoms with Gasteiger partial charge in [-0.05, 0) is 5.53 Å². The molecule has 0 bridgehead atoms. The predicted molar refractivity (Wildman–Crippen MR) is 65.5 cm³/mol. The topological polar surface area (TPSA) is 137 Å². The van der Waals surface area contributed by atoms with Crippen molar-refractivity contribution in [3.8, 4) is 0 Å². The molecule has 1 rings (SSSR count). The maximum absolute atomic E-state index is 11.2. The van der Waals surface area contributed by atoms with Gasteiger partial charge in [0.25, 0.3) is 0 Å². The number of esters is 3. The molecule has 0 N–H and O–H groups in total. The Bertz CT molecular complexity index is 474. The van der Waals surface area contributed by atoms with Crippen LogP contribution in [-0.4, -0.2) is 49.1 Å². The van der Waals surface area contributed by atoms with Gasteiger partial charge >= 0.3 is 17.9 Å². The van der Waals surface area contributed by atoms with E-state index in [9.17, 15) is 14.4 Å². The molecule has 1 aliphatic heterocycles. The third-order valence-electron chi connectivity index (χ3n) is 2.49. The molecule has 0 aromatic carbocycles. The van der Waals surface area contributed by atoms with Crippen LogP contribution in [-0.2, 0) is 33.3 Å². The van der Waals surface area contributed by atoms with Crippen molar-refractivity contribution in [3.63, 3.8) is 0 Å². The van der Waals surface area contributed by atoms with E-state index in [0.29, 0.717) is 0 Å². The van der Waals surface area contributed by atoms with E-state index in [1.54, 1.807) is 0 Å². The number of hydrogen-bond acceptors (Lipinski definition) is 8. The van der Waals surface area contributed by atoms with Crippen molar-refractivity contribution in [2.75, 3.05) is 6.61 Å². The summed E-state index contributed by atoms with van der Waals surface area (Å²) < 4.78 is 20.2. The van der Waals surface area contributed by atoms with Gasteiger partial charge < -0.3 is 18.9 Å². The van der Waals surface area contributed by atoms with Gasteiger partial charge in [-0.2, -0.15) is 0 Å². The summed E-state index contributed by atoms with van der Waals surface area (Å²) in [4.78, 5) is 36.0. The van der Waals surface area contributed by atoms with E-state index in [1.807, 2.05) is 0 Å². The first-order valence-electron chi connectivity index (χ1n) is 6.02. The van der Waals surface area contributed by atoms with Crippen LogP contribution in [0.1, 0.15) is 20.8 Å². The van der Waals surface area contributed by atoms with Crippen LogP contribution in [0.25, 0.3) is 10.4 Å². The van der Waals surface area contributed by atoms with Gasteiger partial charge in [0, 0.05) is 25.7 Å². The second-order valence-electron chi connectivity index (χ2n) is 4.22. The molecule has 1 heterocycles. The molecule has 0 spiro atoms. The zero-order chi connectivity index (χ0) is 16.0. The van der Waals surface area contributed by atoms with E-state index in [1.165, 1.54) is 6.92 Å². The number of nitrogens with zero attached hydrogens (tertiary/aromatic N) is 3. The van der Waals surface area contributed by atoms with E-state index in [0.717, 1.165) is 13.8 Å². The molecule has 21 heavy (non-hydrogen) atoms. The third kappa shape index (κ3) is 4.93. The quantitative estimate of drug-likeness (QED) is 0.241. The molecule has 0 amide bonds. The minimum Gasteiger partial charge on any atom is -0.456 e. The highest BCUT2D eigenvalue weighted by atomic mass is 16.6. The van der Waals surface area contributed by atoms with Gasteiger partial charge in [-0.25, -0.2) is 0 Å². The molecule has 0 saturated carbocycles. The largest absolute Gasteiger partial charge is 0.456 e. The number of ether oxygens (including phenoxy) is 4. The summed E-state index contributed by atoms with van der Waals surface area (Å²) in [5, 5.41) is 3.34. The van der Waals surface area contributed by atoms with Gasteiger partial charge in [0.05, 0.1) is 6.61 Å². The average molecular weight is 301 g/mol. The van der Waals surface area contributed by atoms with Gasteiger partial charge in [0.2, 0.25) is 0 Å². The van der Waals surface area contributed by atoms with Gasteiger partial charge in [0.1, 0.15) is 0 Å². The Kier molecular flexibility index (Phi) is 5.94. The summed E-state index contributed by atoms with van der Waals surface area (Å²) in [6, 6.07) is 0. The van der Waals surface area contributed by atoms with Crippen LogP contribution in [0.3, 0.4) is 0 Å². The van der Waals surface area contributed by atoms with Crippen molar-refractivity contribution in [1.82, 2.24) is 0 Å². The Morgan fingerprint density at radius 3 is 2.05 bits per heavy atom. The van der Waals surface area contributed by atoms with E-state index >= 15 is 0 Å². The first-order chi connectivity index (χ1) is 9.85. The van der Waals surface area contributed by atoms with Gasteiger partial charge in [-0.1, -0.05) is 5.11 Å². The van der Waals surface area contributed by atoms with Gasteiger partial charge in [-0.3, -0.25) is 14.4 Å². The van der Waals surface area contributed by atoms with Crippen molar-refractivity contribution in [1.29, 1.82) is 0 Å². The summed E-state index contributed by atoms with van der Waals surface area (Å²) in [7, 11) is 0. The molecule has 4 atom stereocenters. The molecule has 1 saturated heterocycles. The van der Waals surface area contributed by atoms with E-state index in [-0.39, 0.29) is 6.61 Å². The zero-order valence-electron chi connectivity index (χ0n) is 11.7. The van der Waals surface area contributed by atoms with Crippen molar-refractivity contribution in [2.24, 2.45) is 5.11 Å². The van der Waals surface area contributed by atoms with Crippen LogP contribution >= 0.6 is 0 Å². The fourth-order valence-electron chi connectivity index (χ4n) is 1.87. The Morgan fingerprint density at radius 1 is 1.05 bits per heavy atom. The fourth-order valence-corrected chi connectivity index (χ4v) is 1.87. The van der Waals surface area contributed by atoms with Crippen LogP contribution in [0.5, 0.6) is 0 Å². The zero-order valence-corrected chi connectivity index (χ0v) is 11.7. The molecule has 0 aromatic heterocycles. The maximum Gasteiger partial charge on any atom is 0.303 e. The number of rotatable bonds is 4. The molecular formula is C11H15N3O7. The lowest BCUT2D eigenvalue weighted by atomic mass is 10.0. The normalized spacial score (nSPS) is 28.0. The van der Waals surface area contributed by atoms with Gasteiger partial charge in [0.15, 0.2) is 24.5 Å².